The van der Waals surface area contributed by atoms with E-state index in [2.05, 4.69) is 102 Å². The van der Waals surface area contributed by atoms with Crippen LogP contribution >= 0.6 is 23.1 Å². The van der Waals surface area contributed by atoms with Crippen molar-refractivity contribution < 1.29 is 24.2 Å². The van der Waals surface area contributed by atoms with Gasteiger partial charge in [-0.25, -0.2) is 4.79 Å². The lowest BCUT2D eigenvalue weighted by Crippen LogP contribution is -2.48. The van der Waals surface area contributed by atoms with E-state index in [-0.39, 0.29) is 18.9 Å². The van der Waals surface area contributed by atoms with Crippen LogP contribution in [-0.2, 0) is 31.9 Å². The Bertz CT molecular complexity index is 1900. The number of aromatic nitrogens is 1. The van der Waals surface area contributed by atoms with E-state index >= 15 is 0 Å². The average molecular weight is 830 g/mol. The number of piperazine rings is 1. The van der Waals surface area contributed by atoms with E-state index in [0.717, 1.165) is 114 Å². The summed E-state index contributed by atoms with van der Waals surface area (Å²) in [7, 11) is 0. The van der Waals surface area contributed by atoms with Gasteiger partial charge in [-0.15, -0.1) is 0 Å². The predicted molar refractivity (Wildman–Crippen MR) is 240 cm³/mol. The Kier molecular flexibility index (Phi) is 19.2. The van der Waals surface area contributed by atoms with Gasteiger partial charge in [-0.05, 0) is 112 Å². The van der Waals surface area contributed by atoms with E-state index in [1.807, 2.05) is 6.07 Å². The maximum absolute atomic E-state index is 13.4. The van der Waals surface area contributed by atoms with Crippen LogP contribution in [0.25, 0.3) is 10.1 Å². The number of allylic oxidation sites excluding steroid dienone is 10. The zero-order chi connectivity index (χ0) is 41.0. The molecule has 2 unspecified atom stereocenters. The second-order valence-electron chi connectivity index (χ2n) is 14.6. The molecule has 2 aromatic carbocycles. The van der Waals surface area contributed by atoms with Crippen LogP contribution in [0.3, 0.4) is 0 Å². The van der Waals surface area contributed by atoms with Crippen molar-refractivity contribution in [3.8, 4) is 0 Å². The van der Waals surface area contributed by atoms with Crippen molar-refractivity contribution in [3.63, 3.8) is 0 Å². The number of benzene rings is 2. The number of amides is 1. The smallest absolute Gasteiger partial charge is 0.357 e. The number of nitrogens with zero attached hydrogens (tertiary/aromatic N) is 4. The Morgan fingerprint density at radius 2 is 1.57 bits per heavy atom. The van der Waals surface area contributed by atoms with E-state index in [0.29, 0.717) is 17.1 Å². The van der Waals surface area contributed by atoms with Gasteiger partial charge in [0.25, 0.3) is 0 Å². The van der Waals surface area contributed by atoms with Crippen molar-refractivity contribution in [1.29, 1.82) is 0 Å². The number of halogens is 1. The second-order valence-corrected chi connectivity index (χ2v) is 15.8. The van der Waals surface area contributed by atoms with Gasteiger partial charge in [-0.3, -0.25) is 14.6 Å². The zero-order valence-corrected chi connectivity index (χ0v) is 35.8. The molecule has 1 N–H and O–H groups in total. The number of fused-ring (bicyclic) bond motifs is 2. The number of ether oxygens (including phenoxy) is 2. The topological polar surface area (TPSA) is 95.4 Å². The lowest BCUT2D eigenvalue weighted by atomic mass is 10.1. The van der Waals surface area contributed by atoms with Crippen LogP contribution in [0, 0.1) is 0 Å². The quantitative estimate of drug-likeness (QED) is 0.0413. The summed E-state index contributed by atoms with van der Waals surface area (Å²) in [5.74, 6) is 0.0594. The number of hydrogen-bond donors (Lipinski definition) is 1. The van der Waals surface area contributed by atoms with Crippen molar-refractivity contribution in [2.24, 2.45) is 0 Å². The highest BCUT2D eigenvalue weighted by atomic mass is 35.5. The normalized spacial score (nSPS) is 16.4. The van der Waals surface area contributed by atoms with Gasteiger partial charge in [-0.2, -0.15) is 4.37 Å². The first-order valence-corrected chi connectivity index (χ1v) is 22.2. The molecule has 2 aliphatic heterocycles. The highest BCUT2D eigenvalue weighted by Gasteiger charge is 2.40. The van der Waals surface area contributed by atoms with E-state index in [1.165, 1.54) is 15.0 Å². The summed E-state index contributed by atoms with van der Waals surface area (Å²) in [5.41, 5.74) is 2.26. The third-order valence-corrected chi connectivity index (χ3v) is 11.5. The molecule has 0 bridgehead atoms. The first-order chi connectivity index (χ1) is 28.4. The average Bonchev–Trinajstić information content (AvgIpc) is 3.80. The van der Waals surface area contributed by atoms with Crippen molar-refractivity contribution in [2.75, 3.05) is 49.1 Å². The fraction of sp³-hybridized carbons (Fsp3) is 0.468. The highest BCUT2D eigenvalue weighted by Crippen LogP contribution is 2.37. The minimum Gasteiger partial charge on any atom is -0.463 e. The zero-order valence-electron chi connectivity index (χ0n) is 34.3. The molecule has 2 atom stereocenters. The molecule has 0 radical (unpaired) electrons. The molecule has 5 rings (SSSR count). The predicted octanol–water partition coefficient (Wildman–Crippen LogP) is 10.1. The molecule has 1 amide bonds. The molecule has 0 saturated carbocycles. The van der Waals surface area contributed by atoms with Crippen LogP contribution in [0.5, 0.6) is 0 Å². The van der Waals surface area contributed by atoms with Gasteiger partial charge in [-0.1, -0.05) is 104 Å². The number of hydrogen-bond acceptors (Lipinski definition) is 9. The molecule has 58 heavy (non-hydrogen) atoms. The minimum atomic E-state index is -1.40. The molecule has 3 heterocycles. The van der Waals surface area contributed by atoms with Crippen LogP contribution < -0.4 is 9.80 Å². The summed E-state index contributed by atoms with van der Waals surface area (Å²) >= 11 is 8.38. The summed E-state index contributed by atoms with van der Waals surface area (Å²) in [4.78, 5) is 32.7. The van der Waals surface area contributed by atoms with E-state index in [1.54, 1.807) is 24.5 Å². The molecule has 9 nitrogen and oxygen atoms in total. The standard InChI is InChI=1S/C47H61ClN4O5S/c1-3-5-6-7-8-9-10-11-12-13-14-15-16-17-18-19-20-21-22-27-44(54)57-46(47(55)56-4-2)52-41-36-40(48)37(34-38(41)35-43(52)53)28-29-50-30-32-51(33-31-50)45-39-25-23-24-26-42(39)58-49-45/h5-6,8-9,11-12,14-15,17-18,23-26,34,36,44,46,54H,3-4,7,10,13,16,19-22,27-33,35H2,1-2H3/b6-5-,9-8-,12-11-,15-14-,18-17-. The monoisotopic (exact) mass is 828 g/mol. The molecular formula is C47H61ClN4O5S. The Labute approximate surface area is 354 Å². The summed E-state index contributed by atoms with van der Waals surface area (Å²) < 4.78 is 17.1. The largest absolute Gasteiger partial charge is 0.463 e. The van der Waals surface area contributed by atoms with Crippen molar-refractivity contribution >= 4 is 56.6 Å². The van der Waals surface area contributed by atoms with Crippen LogP contribution in [0.15, 0.2) is 97.2 Å². The van der Waals surface area contributed by atoms with Crippen molar-refractivity contribution in [3.05, 3.63) is 113 Å². The van der Waals surface area contributed by atoms with Crippen molar-refractivity contribution in [1.82, 2.24) is 9.27 Å². The number of unbranched alkanes of at least 4 members (excludes halogenated alkanes) is 3. The molecule has 2 aliphatic rings. The molecule has 1 aromatic heterocycles. The van der Waals surface area contributed by atoms with Gasteiger partial charge in [0, 0.05) is 43.1 Å². The van der Waals surface area contributed by atoms with E-state index < -0.39 is 18.5 Å². The molecule has 11 heteroatoms. The maximum atomic E-state index is 13.4. The van der Waals surface area contributed by atoms with Gasteiger partial charge in [0.15, 0.2) is 6.29 Å². The third kappa shape index (κ3) is 13.8. The molecule has 312 valence electrons. The number of rotatable bonds is 24. The Balaban J connectivity index is 1.02. The maximum Gasteiger partial charge on any atom is 0.357 e. The molecular weight excluding hydrogens is 768 g/mol. The summed E-state index contributed by atoms with van der Waals surface area (Å²) in [5, 5.41) is 12.6. The molecule has 1 saturated heterocycles. The molecule has 0 spiro atoms. The Hall–Kier alpha value is -4.06. The minimum absolute atomic E-state index is 0.116. The van der Waals surface area contributed by atoms with Gasteiger partial charge in [0.1, 0.15) is 5.82 Å². The lowest BCUT2D eigenvalue weighted by Gasteiger charge is -2.35. The van der Waals surface area contributed by atoms with Gasteiger partial charge < -0.3 is 19.5 Å². The van der Waals surface area contributed by atoms with Crippen molar-refractivity contribution in [2.45, 2.75) is 103 Å². The molecule has 3 aromatic rings. The Morgan fingerprint density at radius 1 is 0.897 bits per heavy atom. The lowest BCUT2D eigenvalue weighted by molar-refractivity contribution is -0.182. The van der Waals surface area contributed by atoms with Gasteiger partial charge in [0.2, 0.25) is 12.1 Å². The van der Waals surface area contributed by atoms with E-state index in [9.17, 15) is 14.7 Å². The van der Waals surface area contributed by atoms with Crippen LogP contribution in [-0.4, -0.2) is 78.1 Å². The fourth-order valence-electron chi connectivity index (χ4n) is 7.20. The number of esters is 1. The number of carbonyl (C=O) groups excluding carboxylic acids is 2. The van der Waals surface area contributed by atoms with Crippen LogP contribution in [0.1, 0.15) is 89.2 Å². The van der Waals surface area contributed by atoms with Crippen LogP contribution in [0.2, 0.25) is 5.02 Å². The SMILES string of the molecule is CC/C=C\C/C=C\C/C=C\C/C=C\C/C=C\CCCCCC(O)OC(C(=O)OCC)N1C(=O)Cc2cc(CCN3CCN(c4nsc5ccccc45)CC3)c(Cl)cc21. The summed E-state index contributed by atoms with van der Waals surface area (Å²) in [6.07, 6.45) is 29.0. The fourth-order valence-corrected chi connectivity index (χ4v) is 8.24. The number of carbonyl (C=O) groups is 2. The first kappa shape index (κ1) is 45.0. The number of aliphatic hydroxyl groups excluding tert-OH is 1. The van der Waals surface area contributed by atoms with Gasteiger partial charge >= 0.3 is 5.97 Å². The summed E-state index contributed by atoms with van der Waals surface area (Å²) in [6, 6.07) is 12.1. The first-order valence-electron chi connectivity index (χ1n) is 21.1. The van der Waals surface area contributed by atoms with E-state index in [4.69, 9.17) is 25.4 Å². The second kappa shape index (κ2) is 24.8. The molecule has 0 aliphatic carbocycles. The van der Waals surface area contributed by atoms with Crippen LogP contribution in [0.4, 0.5) is 11.5 Å². The number of anilines is 2. The highest BCUT2D eigenvalue weighted by molar-refractivity contribution is 7.13. The summed E-state index contributed by atoms with van der Waals surface area (Å²) in [6.45, 7) is 8.46. The van der Waals surface area contributed by atoms with Gasteiger partial charge in [0.05, 0.1) is 23.4 Å². The third-order valence-electron chi connectivity index (χ3n) is 10.3. The molecule has 1 fully saturated rings. The Morgan fingerprint density at radius 3 is 2.26 bits per heavy atom. The number of aliphatic hydroxyl groups is 1.